The molecule has 3 aromatic rings. The maximum atomic E-state index is 13.3. The number of pyridine rings is 1. The van der Waals surface area contributed by atoms with Crippen LogP contribution in [0.4, 0.5) is 0 Å². The van der Waals surface area contributed by atoms with Crippen molar-refractivity contribution >= 4 is 17.5 Å². The second kappa shape index (κ2) is 7.40. The lowest BCUT2D eigenvalue weighted by Crippen LogP contribution is -2.38. The van der Waals surface area contributed by atoms with Crippen LogP contribution >= 0.6 is 11.6 Å². The van der Waals surface area contributed by atoms with E-state index >= 15 is 0 Å². The molecule has 3 heterocycles. The number of hydrogen-bond donors (Lipinski definition) is 1. The van der Waals surface area contributed by atoms with Gasteiger partial charge in [-0.3, -0.25) is 14.9 Å². The van der Waals surface area contributed by atoms with E-state index in [1.165, 1.54) is 6.42 Å². The zero-order chi connectivity index (χ0) is 20.7. The van der Waals surface area contributed by atoms with Gasteiger partial charge in [0.2, 0.25) is 0 Å². The number of nitrogens with zero attached hydrogens (tertiary/aromatic N) is 4. The number of carbonyl (C=O) groups excluding carboxylic acids is 1. The molecular formula is C22H22ClN5O2. The number of halogens is 1. The monoisotopic (exact) mass is 423 g/mol. The van der Waals surface area contributed by atoms with Gasteiger partial charge in [-0.1, -0.05) is 18.0 Å². The topological polar surface area (TPSA) is 84.0 Å². The average Bonchev–Trinajstić information content (AvgIpc) is 3.39. The molecule has 1 saturated carbocycles. The van der Waals surface area contributed by atoms with Crippen molar-refractivity contribution in [1.29, 1.82) is 0 Å². The van der Waals surface area contributed by atoms with Gasteiger partial charge < -0.3 is 9.64 Å². The van der Waals surface area contributed by atoms with Gasteiger partial charge in [-0.15, -0.1) is 0 Å². The van der Waals surface area contributed by atoms with Gasteiger partial charge in [0.05, 0.1) is 12.7 Å². The highest BCUT2D eigenvalue weighted by molar-refractivity contribution is 6.31. The van der Waals surface area contributed by atoms with Crippen LogP contribution in [-0.2, 0) is 0 Å². The third-order valence-corrected chi connectivity index (χ3v) is 6.68. The highest BCUT2D eigenvalue weighted by atomic mass is 35.5. The molecular weight excluding hydrogens is 402 g/mol. The van der Waals surface area contributed by atoms with Crippen LogP contribution in [-0.4, -0.2) is 51.2 Å². The van der Waals surface area contributed by atoms with E-state index in [1.54, 1.807) is 37.7 Å². The number of H-pyrrole nitrogens is 1. The number of benzene rings is 1. The van der Waals surface area contributed by atoms with Crippen molar-refractivity contribution in [1.82, 2.24) is 25.1 Å². The van der Waals surface area contributed by atoms with E-state index in [9.17, 15) is 4.79 Å². The molecule has 8 heteroatoms. The molecule has 0 radical (unpaired) electrons. The lowest BCUT2D eigenvalue weighted by Gasteiger charge is -2.41. The minimum absolute atomic E-state index is 0.0521. The molecule has 1 aliphatic carbocycles. The Kier molecular flexibility index (Phi) is 4.70. The Balaban J connectivity index is 1.44. The summed E-state index contributed by atoms with van der Waals surface area (Å²) in [6, 6.07) is 8.93. The van der Waals surface area contributed by atoms with Crippen LogP contribution in [0.1, 0.15) is 41.4 Å². The van der Waals surface area contributed by atoms with Gasteiger partial charge in [-0.05, 0) is 48.6 Å². The zero-order valence-electron chi connectivity index (χ0n) is 16.6. The number of nitrogens with one attached hydrogen (secondary N) is 1. The van der Waals surface area contributed by atoms with E-state index in [4.69, 9.17) is 21.3 Å². The summed E-state index contributed by atoms with van der Waals surface area (Å²) in [5.74, 6) is 2.11. The molecule has 1 unspecified atom stereocenters. The second-order valence-electron chi connectivity index (χ2n) is 8.08. The van der Waals surface area contributed by atoms with Crippen molar-refractivity contribution in [3.63, 3.8) is 0 Å². The zero-order valence-corrected chi connectivity index (χ0v) is 17.4. The lowest BCUT2D eigenvalue weighted by molar-refractivity contribution is 0.0721. The number of ether oxygens (including phenoxy) is 1. The van der Waals surface area contributed by atoms with Crippen LogP contribution in [0, 0.1) is 5.41 Å². The lowest BCUT2D eigenvalue weighted by atomic mass is 9.62. The summed E-state index contributed by atoms with van der Waals surface area (Å²) >= 11 is 6.15. The van der Waals surface area contributed by atoms with Gasteiger partial charge in [0.15, 0.2) is 5.82 Å². The summed E-state index contributed by atoms with van der Waals surface area (Å²) in [4.78, 5) is 24.1. The Hall–Kier alpha value is -2.93. The molecule has 1 N–H and O–H groups in total. The number of rotatable bonds is 4. The molecule has 5 rings (SSSR count). The quantitative estimate of drug-likeness (QED) is 0.687. The van der Waals surface area contributed by atoms with Crippen molar-refractivity contribution in [2.24, 2.45) is 5.41 Å². The SMILES string of the molecule is COc1ccc(Cl)cc1C(=O)N1CC(c2nc(-c3ccncc3)n[nH]2)C2(CCC2)C1. The fourth-order valence-electron chi connectivity index (χ4n) is 4.72. The molecule has 1 atom stereocenters. The summed E-state index contributed by atoms with van der Waals surface area (Å²) in [7, 11) is 1.56. The first-order valence-electron chi connectivity index (χ1n) is 10.1. The first kappa shape index (κ1) is 19.1. The highest BCUT2D eigenvalue weighted by Gasteiger charge is 2.53. The number of carbonyl (C=O) groups is 1. The number of amides is 1. The molecule has 1 amide bonds. The summed E-state index contributed by atoms with van der Waals surface area (Å²) in [6.45, 7) is 1.30. The van der Waals surface area contributed by atoms with E-state index in [2.05, 4.69) is 15.2 Å². The fourth-order valence-corrected chi connectivity index (χ4v) is 4.89. The van der Waals surface area contributed by atoms with E-state index in [0.717, 1.165) is 24.2 Å². The smallest absolute Gasteiger partial charge is 0.257 e. The van der Waals surface area contributed by atoms with Crippen molar-refractivity contribution in [2.45, 2.75) is 25.2 Å². The number of hydrogen-bond acceptors (Lipinski definition) is 5. The summed E-state index contributed by atoms with van der Waals surface area (Å²) < 4.78 is 5.40. The van der Waals surface area contributed by atoms with Gasteiger partial charge >= 0.3 is 0 Å². The number of likely N-dealkylation sites (tertiary alicyclic amines) is 1. The molecule has 1 aliphatic heterocycles. The Morgan fingerprint density at radius 1 is 1.27 bits per heavy atom. The molecule has 0 bridgehead atoms. The van der Waals surface area contributed by atoms with Gasteiger partial charge in [-0.25, -0.2) is 4.98 Å². The Labute approximate surface area is 179 Å². The molecule has 7 nitrogen and oxygen atoms in total. The average molecular weight is 424 g/mol. The van der Waals surface area contributed by atoms with Gasteiger partial charge in [0.25, 0.3) is 5.91 Å². The molecule has 2 aromatic heterocycles. The maximum absolute atomic E-state index is 13.3. The summed E-state index contributed by atoms with van der Waals surface area (Å²) in [6.07, 6.45) is 6.80. The molecule has 2 fully saturated rings. The van der Waals surface area contributed by atoms with E-state index in [-0.39, 0.29) is 17.2 Å². The van der Waals surface area contributed by atoms with Gasteiger partial charge in [-0.2, -0.15) is 5.10 Å². The first-order valence-corrected chi connectivity index (χ1v) is 10.4. The highest BCUT2D eigenvalue weighted by Crippen LogP contribution is 2.55. The summed E-state index contributed by atoms with van der Waals surface area (Å²) in [5, 5.41) is 8.07. The predicted octanol–water partition coefficient (Wildman–Crippen LogP) is 3.94. The van der Waals surface area contributed by atoms with Crippen molar-refractivity contribution in [3.8, 4) is 17.1 Å². The first-order chi connectivity index (χ1) is 14.6. The molecule has 1 spiro atoms. The normalized spacial score (nSPS) is 19.7. The second-order valence-corrected chi connectivity index (χ2v) is 8.52. The van der Waals surface area contributed by atoms with Crippen LogP contribution in [0.25, 0.3) is 11.4 Å². The van der Waals surface area contributed by atoms with Crippen LogP contribution in [0.15, 0.2) is 42.7 Å². The molecule has 1 saturated heterocycles. The number of methoxy groups -OCH3 is 1. The van der Waals surface area contributed by atoms with Gasteiger partial charge in [0.1, 0.15) is 11.6 Å². The standard InChI is InChI=1S/C22H22ClN5O2/c1-30-18-4-3-15(23)11-16(18)21(29)28-12-17(22(13-28)7-2-8-22)20-25-19(26-27-20)14-5-9-24-10-6-14/h3-6,9-11,17H,2,7-8,12-13H2,1H3,(H,25,26,27). The summed E-state index contributed by atoms with van der Waals surface area (Å²) in [5.41, 5.74) is 1.47. The van der Waals surface area contributed by atoms with Gasteiger partial charge in [0, 0.05) is 42.0 Å². The van der Waals surface area contributed by atoms with Crippen molar-refractivity contribution in [2.75, 3.05) is 20.2 Å². The predicted molar refractivity (Wildman–Crippen MR) is 113 cm³/mol. The minimum Gasteiger partial charge on any atom is -0.496 e. The largest absolute Gasteiger partial charge is 0.496 e. The minimum atomic E-state index is -0.0583. The maximum Gasteiger partial charge on any atom is 0.257 e. The van der Waals surface area contributed by atoms with Crippen molar-refractivity contribution in [3.05, 3.63) is 59.1 Å². The van der Waals surface area contributed by atoms with Crippen LogP contribution in [0.5, 0.6) is 5.75 Å². The number of aromatic nitrogens is 4. The Morgan fingerprint density at radius 2 is 2.07 bits per heavy atom. The van der Waals surface area contributed by atoms with Crippen LogP contribution < -0.4 is 4.74 Å². The molecule has 1 aromatic carbocycles. The Morgan fingerprint density at radius 3 is 2.77 bits per heavy atom. The van der Waals surface area contributed by atoms with Crippen LogP contribution in [0.2, 0.25) is 5.02 Å². The van der Waals surface area contributed by atoms with E-state index < -0.39 is 0 Å². The fraction of sp³-hybridized carbons (Fsp3) is 0.364. The Bertz CT molecular complexity index is 1080. The van der Waals surface area contributed by atoms with E-state index in [0.29, 0.717) is 35.2 Å². The molecule has 2 aliphatic rings. The number of aromatic amines is 1. The molecule has 154 valence electrons. The molecule has 30 heavy (non-hydrogen) atoms. The third kappa shape index (κ3) is 3.13. The van der Waals surface area contributed by atoms with Crippen LogP contribution in [0.3, 0.4) is 0 Å². The third-order valence-electron chi connectivity index (χ3n) is 6.45. The van der Waals surface area contributed by atoms with Crippen molar-refractivity contribution < 1.29 is 9.53 Å². The van der Waals surface area contributed by atoms with E-state index in [1.807, 2.05) is 17.0 Å².